The van der Waals surface area contributed by atoms with Crippen LogP contribution in [-0.2, 0) is 19.1 Å². The third kappa shape index (κ3) is 60.4. The molecule has 72 heavy (non-hydrogen) atoms. The van der Waals surface area contributed by atoms with Gasteiger partial charge in [0.25, 0.3) is 0 Å². The van der Waals surface area contributed by atoms with Gasteiger partial charge in [-0.3, -0.25) is 9.59 Å². The molecule has 1 N–H and O–H groups in total. The molecule has 0 saturated carbocycles. The molecule has 0 aromatic heterocycles. The fourth-order valence-electron chi connectivity index (χ4n) is 9.85. The van der Waals surface area contributed by atoms with Crippen LogP contribution in [0.3, 0.4) is 0 Å². The Morgan fingerprint density at radius 3 is 0.903 bits per heavy atom. The van der Waals surface area contributed by atoms with Crippen LogP contribution in [-0.4, -0.2) is 36.4 Å². The van der Waals surface area contributed by atoms with E-state index < -0.39 is 6.10 Å². The van der Waals surface area contributed by atoms with Gasteiger partial charge in [-0.1, -0.05) is 332 Å². The highest BCUT2D eigenvalue weighted by molar-refractivity contribution is 5.70. The largest absolute Gasteiger partial charge is 0.462 e. The Morgan fingerprint density at radius 1 is 0.333 bits per heavy atom. The minimum Gasteiger partial charge on any atom is -0.462 e. The van der Waals surface area contributed by atoms with Gasteiger partial charge in [-0.05, 0) is 51.4 Å². The summed E-state index contributed by atoms with van der Waals surface area (Å²) in [5.74, 6) is -0.567. The SMILES string of the molecule is CC/C=C\C/C=C\C/C=C\C/C=C\CCCCCCCCCCCCCCCCCCCCCCCCC(=O)OC(CO)COC(=O)CCCCCCCCCCCCCCCCCCCCCCCCC. The smallest absolute Gasteiger partial charge is 0.306 e. The van der Waals surface area contributed by atoms with Crippen LogP contribution in [0.15, 0.2) is 48.6 Å². The summed E-state index contributed by atoms with van der Waals surface area (Å²) in [6, 6.07) is 0. The zero-order valence-electron chi connectivity index (χ0n) is 48.5. The van der Waals surface area contributed by atoms with Crippen LogP contribution in [0.4, 0.5) is 0 Å². The minimum atomic E-state index is -0.769. The van der Waals surface area contributed by atoms with Crippen LogP contribution in [0.2, 0.25) is 0 Å². The van der Waals surface area contributed by atoms with Crippen LogP contribution < -0.4 is 0 Å². The van der Waals surface area contributed by atoms with E-state index in [2.05, 4.69) is 62.5 Å². The molecule has 0 aliphatic heterocycles. The lowest BCUT2D eigenvalue weighted by Crippen LogP contribution is -2.28. The third-order valence-electron chi connectivity index (χ3n) is 14.6. The summed E-state index contributed by atoms with van der Waals surface area (Å²) in [7, 11) is 0. The van der Waals surface area contributed by atoms with E-state index in [1.54, 1.807) is 0 Å². The fraction of sp³-hybridized carbons (Fsp3) is 0.851. The molecular weight excluding hydrogens is 885 g/mol. The highest BCUT2D eigenvalue weighted by Gasteiger charge is 2.16. The molecule has 0 saturated heterocycles. The van der Waals surface area contributed by atoms with Crippen LogP contribution in [0.25, 0.3) is 0 Å². The van der Waals surface area contributed by atoms with E-state index in [1.807, 2.05) is 0 Å². The number of unbranched alkanes of at least 4 members (excludes halogenated alkanes) is 44. The molecule has 1 atom stereocenters. The Hall–Kier alpha value is -2.14. The first-order valence-electron chi connectivity index (χ1n) is 32.2. The predicted octanol–water partition coefficient (Wildman–Crippen LogP) is 22.0. The Labute approximate surface area is 449 Å². The highest BCUT2D eigenvalue weighted by Crippen LogP contribution is 2.18. The predicted molar refractivity (Wildman–Crippen MR) is 316 cm³/mol. The van der Waals surface area contributed by atoms with Crippen LogP contribution >= 0.6 is 0 Å². The van der Waals surface area contributed by atoms with Gasteiger partial charge >= 0.3 is 11.9 Å². The number of esters is 2. The van der Waals surface area contributed by atoms with E-state index in [0.29, 0.717) is 12.8 Å². The lowest BCUT2D eigenvalue weighted by molar-refractivity contribution is -0.161. The monoisotopic (exact) mass is 1010 g/mol. The molecule has 0 heterocycles. The molecule has 0 bridgehead atoms. The van der Waals surface area contributed by atoms with E-state index in [4.69, 9.17) is 9.47 Å². The molecule has 0 spiro atoms. The lowest BCUT2D eigenvalue weighted by atomic mass is 10.0. The van der Waals surface area contributed by atoms with Crippen molar-refractivity contribution in [3.05, 3.63) is 48.6 Å². The number of aliphatic hydroxyl groups excluding tert-OH is 1. The van der Waals surface area contributed by atoms with Crippen molar-refractivity contribution in [2.45, 2.75) is 354 Å². The normalized spacial score (nSPS) is 12.4. The lowest BCUT2D eigenvalue weighted by Gasteiger charge is -2.15. The molecule has 0 rings (SSSR count). The molecule has 0 aliphatic rings. The van der Waals surface area contributed by atoms with Crippen molar-refractivity contribution in [2.75, 3.05) is 13.2 Å². The average molecular weight is 1010 g/mol. The van der Waals surface area contributed by atoms with Gasteiger partial charge in [0.05, 0.1) is 6.61 Å². The maximum Gasteiger partial charge on any atom is 0.306 e. The molecule has 5 heteroatoms. The van der Waals surface area contributed by atoms with Gasteiger partial charge in [0.2, 0.25) is 0 Å². The van der Waals surface area contributed by atoms with Gasteiger partial charge in [-0.2, -0.15) is 0 Å². The van der Waals surface area contributed by atoms with E-state index in [1.165, 1.54) is 263 Å². The standard InChI is InChI=1S/C67H124O5/c1-3-5-7-9-11-13-15-17-19-21-23-25-27-28-29-30-31-32-33-34-35-36-37-38-40-42-44-46-48-50-52-54-56-58-60-62-67(70)72-65(63-68)64-71-66(69)61-59-57-55-53-51-49-47-45-43-41-39-26-24-22-20-18-16-14-12-10-8-6-4-2/h5,7,11,13,17,19,23,25,65,68H,3-4,6,8-10,12,14-16,18,20-22,24,26-64H2,1-2H3/b7-5-,13-11-,19-17-,25-23-. The van der Waals surface area contributed by atoms with Gasteiger partial charge in [0.15, 0.2) is 6.10 Å². The number of ether oxygens (including phenoxy) is 2. The summed E-state index contributed by atoms with van der Waals surface area (Å²) < 4.78 is 10.7. The van der Waals surface area contributed by atoms with Gasteiger partial charge in [0, 0.05) is 12.8 Å². The molecule has 0 aromatic carbocycles. The number of carbonyl (C=O) groups is 2. The number of allylic oxidation sites excluding steroid dienone is 8. The van der Waals surface area contributed by atoms with Gasteiger partial charge in [-0.25, -0.2) is 0 Å². The summed E-state index contributed by atoms with van der Waals surface area (Å²) in [5.41, 5.74) is 0. The first kappa shape index (κ1) is 69.9. The first-order valence-corrected chi connectivity index (χ1v) is 32.2. The molecule has 0 aliphatic carbocycles. The average Bonchev–Trinajstić information content (AvgIpc) is 3.38. The fourth-order valence-corrected chi connectivity index (χ4v) is 9.85. The number of hydrogen-bond acceptors (Lipinski definition) is 5. The van der Waals surface area contributed by atoms with Crippen molar-refractivity contribution < 1.29 is 24.2 Å². The van der Waals surface area contributed by atoms with Crippen molar-refractivity contribution >= 4 is 11.9 Å². The van der Waals surface area contributed by atoms with Gasteiger partial charge in [-0.15, -0.1) is 0 Å². The topological polar surface area (TPSA) is 72.8 Å². The minimum absolute atomic E-state index is 0.0590. The number of hydrogen-bond donors (Lipinski definition) is 1. The number of carbonyl (C=O) groups excluding carboxylic acids is 2. The zero-order valence-corrected chi connectivity index (χ0v) is 48.5. The van der Waals surface area contributed by atoms with Crippen molar-refractivity contribution in [2.24, 2.45) is 0 Å². The van der Waals surface area contributed by atoms with Crippen LogP contribution in [0.5, 0.6) is 0 Å². The van der Waals surface area contributed by atoms with E-state index in [-0.39, 0.29) is 25.2 Å². The molecule has 0 radical (unpaired) electrons. The van der Waals surface area contributed by atoms with E-state index >= 15 is 0 Å². The second kappa shape index (κ2) is 63.2. The summed E-state index contributed by atoms with van der Waals surface area (Å²) in [5, 5.41) is 9.68. The van der Waals surface area contributed by atoms with Crippen LogP contribution in [0.1, 0.15) is 348 Å². The Morgan fingerprint density at radius 2 is 0.597 bits per heavy atom. The first-order chi connectivity index (χ1) is 35.6. The van der Waals surface area contributed by atoms with Crippen LogP contribution in [0, 0.1) is 0 Å². The van der Waals surface area contributed by atoms with Crippen molar-refractivity contribution in [1.82, 2.24) is 0 Å². The molecular formula is C67H124O5. The van der Waals surface area contributed by atoms with Crippen molar-refractivity contribution in [3.63, 3.8) is 0 Å². The van der Waals surface area contributed by atoms with Crippen molar-refractivity contribution in [3.8, 4) is 0 Å². The van der Waals surface area contributed by atoms with Gasteiger partial charge < -0.3 is 14.6 Å². The molecule has 422 valence electrons. The summed E-state index contributed by atoms with van der Waals surface area (Å²) in [6.45, 7) is 4.09. The zero-order chi connectivity index (χ0) is 52.0. The number of aliphatic hydroxyl groups is 1. The molecule has 0 aromatic rings. The van der Waals surface area contributed by atoms with Crippen molar-refractivity contribution in [1.29, 1.82) is 0 Å². The molecule has 0 amide bonds. The quantitative estimate of drug-likeness (QED) is 0.0373. The maximum absolute atomic E-state index is 12.3. The third-order valence-corrected chi connectivity index (χ3v) is 14.6. The Bertz CT molecular complexity index is 1190. The summed E-state index contributed by atoms with van der Waals surface area (Å²) >= 11 is 0. The van der Waals surface area contributed by atoms with Gasteiger partial charge in [0.1, 0.15) is 6.61 Å². The number of rotatable bonds is 60. The Kier molecular flexibility index (Phi) is 61.3. The summed E-state index contributed by atoms with van der Waals surface area (Å²) in [6.07, 6.45) is 84.1. The second-order valence-electron chi connectivity index (χ2n) is 21.8. The highest BCUT2D eigenvalue weighted by atomic mass is 16.6. The van der Waals surface area contributed by atoms with E-state index in [0.717, 1.165) is 57.8 Å². The Balaban J connectivity index is 3.39. The second-order valence-corrected chi connectivity index (χ2v) is 21.8. The maximum atomic E-state index is 12.3. The molecule has 0 fully saturated rings. The molecule has 5 nitrogen and oxygen atoms in total. The summed E-state index contributed by atoms with van der Waals surface area (Å²) in [4.78, 5) is 24.6. The molecule has 1 unspecified atom stereocenters. The van der Waals surface area contributed by atoms with E-state index in [9.17, 15) is 14.7 Å².